The third-order valence-corrected chi connectivity index (χ3v) is 2.06. The van der Waals surface area contributed by atoms with Gasteiger partial charge in [-0.2, -0.15) is 0 Å². The van der Waals surface area contributed by atoms with Gasteiger partial charge in [-0.1, -0.05) is 5.21 Å². The molecule has 0 fully saturated rings. The molecule has 0 aliphatic heterocycles. The second-order valence-electron chi connectivity index (χ2n) is 3.46. The quantitative estimate of drug-likeness (QED) is 0.692. The van der Waals surface area contributed by atoms with Crippen molar-refractivity contribution in [1.82, 2.24) is 20.3 Å². The fourth-order valence-corrected chi connectivity index (χ4v) is 1.21. The SMILES string of the molecule is CCOC(=O)C(C)NC(=O)CCn1ccnn1. The summed E-state index contributed by atoms with van der Waals surface area (Å²) in [4.78, 5) is 22.7. The number of aryl methyl sites for hydroxylation is 1. The highest BCUT2D eigenvalue weighted by molar-refractivity contribution is 5.84. The van der Waals surface area contributed by atoms with Gasteiger partial charge >= 0.3 is 5.97 Å². The van der Waals surface area contributed by atoms with Gasteiger partial charge in [-0.25, -0.2) is 4.79 Å². The molecule has 1 heterocycles. The molecule has 0 aromatic carbocycles. The Bertz CT molecular complexity index is 364. The first-order chi connectivity index (χ1) is 8.13. The van der Waals surface area contributed by atoms with Crippen molar-refractivity contribution < 1.29 is 14.3 Å². The topological polar surface area (TPSA) is 86.1 Å². The number of nitrogens with one attached hydrogen (secondary N) is 1. The molecule has 1 amide bonds. The molecule has 1 N–H and O–H groups in total. The van der Waals surface area contributed by atoms with Crippen LogP contribution >= 0.6 is 0 Å². The van der Waals surface area contributed by atoms with Crippen LogP contribution in [0.2, 0.25) is 0 Å². The average Bonchev–Trinajstić information content (AvgIpc) is 2.79. The highest BCUT2D eigenvalue weighted by Crippen LogP contribution is 1.92. The fraction of sp³-hybridized carbons (Fsp3) is 0.600. The number of nitrogens with zero attached hydrogens (tertiary/aromatic N) is 3. The van der Waals surface area contributed by atoms with Crippen LogP contribution in [0.5, 0.6) is 0 Å². The van der Waals surface area contributed by atoms with E-state index in [1.807, 2.05) is 0 Å². The van der Waals surface area contributed by atoms with Crippen LogP contribution in [0.25, 0.3) is 0 Å². The van der Waals surface area contributed by atoms with E-state index in [4.69, 9.17) is 4.74 Å². The van der Waals surface area contributed by atoms with Gasteiger partial charge in [0.05, 0.1) is 19.3 Å². The van der Waals surface area contributed by atoms with Crippen LogP contribution in [0.4, 0.5) is 0 Å². The molecule has 0 radical (unpaired) electrons. The third kappa shape index (κ3) is 4.62. The normalized spacial score (nSPS) is 11.9. The fourth-order valence-electron chi connectivity index (χ4n) is 1.21. The number of hydrogen-bond donors (Lipinski definition) is 1. The molecule has 7 heteroatoms. The summed E-state index contributed by atoms with van der Waals surface area (Å²) in [6.45, 7) is 4.04. The van der Waals surface area contributed by atoms with Crippen molar-refractivity contribution in [2.45, 2.75) is 32.9 Å². The number of carbonyl (C=O) groups is 2. The molecule has 94 valence electrons. The molecule has 0 spiro atoms. The molecular weight excluding hydrogens is 224 g/mol. The van der Waals surface area contributed by atoms with Crippen molar-refractivity contribution >= 4 is 11.9 Å². The molecule has 0 aliphatic carbocycles. The molecule has 7 nitrogen and oxygen atoms in total. The molecule has 0 bridgehead atoms. The van der Waals surface area contributed by atoms with E-state index in [1.165, 1.54) is 0 Å². The van der Waals surface area contributed by atoms with Crippen molar-refractivity contribution in [3.63, 3.8) is 0 Å². The van der Waals surface area contributed by atoms with Gasteiger partial charge in [0.1, 0.15) is 6.04 Å². The lowest BCUT2D eigenvalue weighted by molar-refractivity contribution is -0.146. The maximum Gasteiger partial charge on any atom is 0.328 e. The number of ether oxygens (including phenoxy) is 1. The minimum absolute atomic E-state index is 0.221. The largest absolute Gasteiger partial charge is 0.464 e. The zero-order chi connectivity index (χ0) is 12.7. The van der Waals surface area contributed by atoms with Crippen molar-refractivity contribution in [2.24, 2.45) is 0 Å². The van der Waals surface area contributed by atoms with E-state index in [0.29, 0.717) is 13.2 Å². The Kier molecular flexibility index (Phi) is 5.12. The van der Waals surface area contributed by atoms with Gasteiger partial charge in [-0.15, -0.1) is 5.10 Å². The lowest BCUT2D eigenvalue weighted by Crippen LogP contribution is -2.39. The molecular formula is C10H16N4O3. The molecule has 0 saturated heterocycles. The van der Waals surface area contributed by atoms with Gasteiger partial charge in [0.2, 0.25) is 5.91 Å². The zero-order valence-corrected chi connectivity index (χ0v) is 9.92. The Balaban J connectivity index is 2.27. The summed E-state index contributed by atoms with van der Waals surface area (Å²) in [6, 6.07) is -0.627. The summed E-state index contributed by atoms with van der Waals surface area (Å²) in [6.07, 6.45) is 3.45. The zero-order valence-electron chi connectivity index (χ0n) is 9.92. The summed E-state index contributed by atoms with van der Waals surface area (Å²) >= 11 is 0. The van der Waals surface area contributed by atoms with Gasteiger partial charge in [-0.05, 0) is 13.8 Å². The first-order valence-electron chi connectivity index (χ1n) is 5.43. The van der Waals surface area contributed by atoms with E-state index < -0.39 is 12.0 Å². The van der Waals surface area contributed by atoms with Gasteiger partial charge < -0.3 is 10.1 Å². The van der Waals surface area contributed by atoms with Crippen LogP contribution in [-0.4, -0.2) is 39.5 Å². The van der Waals surface area contributed by atoms with Crippen LogP contribution in [-0.2, 0) is 20.9 Å². The maximum atomic E-state index is 11.5. The molecule has 17 heavy (non-hydrogen) atoms. The molecule has 1 rings (SSSR count). The first-order valence-corrected chi connectivity index (χ1v) is 5.43. The summed E-state index contributed by atoms with van der Waals surface area (Å²) in [5.41, 5.74) is 0. The van der Waals surface area contributed by atoms with Crippen molar-refractivity contribution in [1.29, 1.82) is 0 Å². The summed E-state index contributed by atoms with van der Waals surface area (Å²) < 4.78 is 6.32. The smallest absolute Gasteiger partial charge is 0.328 e. The predicted octanol–water partition coefficient (Wildman–Crippen LogP) is -0.264. The van der Waals surface area contributed by atoms with Gasteiger partial charge in [0.25, 0.3) is 0 Å². The van der Waals surface area contributed by atoms with E-state index in [-0.39, 0.29) is 12.3 Å². The number of rotatable bonds is 6. The van der Waals surface area contributed by atoms with Crippen LogP contribution in [0, 0.1) is 0 Å². The van der Waals surface area contributed by atoms with E-state index in [9.17, 15) is 9.59 Å². The van der Waals surface area contributed by atoms with E-state index in [1.54, 1.807) is 30.9 Å². The minimum Gasteiger partial charge on any atom is -0.464 e. The number of amides is 1. The molecule has 0 saturated carbocycles. The van der Waals surface area contributed by atoms with Crippen molar-refractivity contribution in [3.8, 4) is 0 Å². The minimum atomic E-state index is -0.627. The lowest BCUT2D eigenvalue weighted by Gasteiger charge is -2.12. The first kappa shape index (κ1) is 13.1. The monoisotopic (exact) mass is 240 g/mol. The molecule has 1 aromatic heterocycles. The number of aromatic nitrogens is 3. The third-order valence-electron chi connectivity index (χ3n) is 2.06. The summed E-state index contributed by atoms with van der Waals surface area (Å²) in [5, 5.41) is 9.90. The average molecular weight is 240 g/mol. The summed E-state index contributed by atoms with van der Waals surface area (Å²) in [5.74, 6) is -0.650. The Morgan fingerprint density at radius 2 is 2.29 bits per heavy atom. The van der Waals surface area contributed by atoms with E-state index in [0.717, 1.165) is 0 Å². The predicted molar refractivity (Wildman–Crippen MR) is 58.9 cm³/mol. The highest BCUT2D eigenvalue weighted by atomic mass is 16.5. The van der Waals surface area contributed by atoms with Crippen LogP contribution in [0.15, 0.2) is 12.4 Å². The number of hydrogen-bond acceptors (Lipinski definition) is 5. The second-order valence-corrected chi connectivity index (χ2v) is 3.46. The standard InChI is InChI=1S/C10H16N4O3/c1-3-17-10(16)8(2)12-9(15)4-6-14-7-5-11-13-14/h5,7-8H,3-4,6H2,1-2H3,(H,12,15). The van der Waals surface area contributed by atoms with Gasteiger partial charge in [-0.3, -0.25) is 9.48 Å². The molecule has 1 unspecified atom stereocenters. The highest BCUT2D eigenvalue weighted by Gasteiger charge is 2.16. The van der Waals surface area contributed by atoms with E-state index in [2.05, 4.69) is 15.6 Å². The Hall–Kier alpha value is -1.92. The molecule has 1 aromatic rings. The Morgan fingerprint density at radius 3 is 2.88 bits per heavy atom. The lowest BCUT2D eigenvalue weighted by atomic mass is 10.3. The maximum absolute atomic E-state index is 11.5. The number of carbonyl (C=O) groups excluding carboxylic acids is 2. The van der Waals surface area contributed by atoms with Crippen LogP contribution in [0.1, 0.15) is 20.3 Å². The summed E-state index contributed by atoms with van der Waals surface area (Å²) in [7, 11) is 0. The van der Waals surface area contributed by atoms with Crippen molar-refractivity contribution in [3.05, 3.63) is 12.4 Å². The Morgan fingerprint density at radius 1 is 1.53 bits per heavy atom. The van der Waals surface area contributed by atoms with Crippen LogP contribution < -0.4 is 5.32 Å². The second kappa shape index (κ2) is 6.62. The Labute approximate surface area is 99.1 Å². The molecule has 0 aliphatic rings. The van der Waals surface area contributed by atoms with Crippen molar-refractivity contribution in [2.75, 3.05) is 6.61 Å². The number of esters is 1. The molecule has 1 atom stereocenters. The van der Waals surface area contributed by atoms with E-state index >= 15 is 0 Å². The van der Waals surface area contributed by atoms with Crippen LogP contribution in [0.3, 0.4) is 0 Å². The van der Waals surface area contributed by atoms with Gasteiger partial charge in [0, 0.05) is 12.6 Å². The van der Waals surface area contributed by atoms with Gasteiger partial charge in [0.15, 0.2) is 0 Å².